The Hall–Kier alpha value is -2.62. The molecule has 4 heteroatoms. The Bertz CT molecular complexity index is 889. The number of aromatic amines is 2. The van der Waals surface area contributed by atoms with E-state index in [1.165, 1.54) is 6.07 Å². The van der Waals surface area contributed by atoms with Gasteiger partial charge in [-0.05, 0) is 35.9 Å². The van der Waals surface area contributed by atoms with Crippen LogP contribution in [-0.4, -0.2) is 15.0 Å². The number of fused-ring (bicyclic) bond motifs is 2. The van der Waals surface area contributed by atoms with Crippen LogP contribution in [0, 0.1) is 5.82 Å². The maximum atomic E-state index is 14.3. The van der Waals surface area contributed by atoms with Gasteiger partial charge in [-0.1, -0.05) is 0 Å². The highest BCUT2D eigenvalue weighted by Gasteiger charge is 2.13. The summed E-state index contributed by atoms with van der Waals surface area (Å²) in [7, 11) is 0. The fraction of sp³-hybridized carbons (Fsp3) is 0. The average Bonchev–Trinajstić information content (AvgIpc) is 3.06. The van der Waals surface area contributed by atoms with Crippen LogP contribution in [0.4, 0.5) is 4.39 Å². The van der Waals surface area contributed by atoms with Crippen LogP contribution in [0.1, 0.15) is 0 Å². The summed E-state index contributed by atoms with van der Waals surface area (Å²) in [6.07, 6.45) is 5.33. The molecule has 4 rings (SSSR count). The molecular formula is C15H10FN3. The zero-order valence-electron chi connectivity index (χ0n) is 9.94. The molecule has 0 bridgehead atoms. The highest BCUT2D eigenvalue weighted by molar-refractivity contribution is 6.03. The standard InChI is InChI=1S/C15H10FN3/c16-12-1-2-13-11(5-6-17-13)14(12)9-3-7-18-15-10(9)4-8-19-15/h1-8,17H,(H,18,19). The molecule has 2 N–H and O–H groups in total. The van der Waals surface area contributed by atoms with E-state index in [-0.39, 0.29) is 5.82 Å². The van der Waals surface area contributed by atoms with E-state index in [4.69, 9.17) is 0 Å². The number of pyridine rings is 1. The monoisotopic (exact) mass is 251 g/mol. The van der Waals surface area contributed by atoms with Gasteiger partial charge >= 0.3 is 0 Å². The van der Waals surface area contributed by atoms with E-state index in [1.54, 1.807) is 12.3 Å². The van der Waals surface area contributed by atoms with Crippen molar-refractivity contribution in [2.75, 3.05) is 0 Å². The summed E-state index contributed by atoms with van der Waals surface area (Å²) in [5.74, 6) is -0.221. The molecule has 19 heavy (non-hydrogen) atoms. The van der Waals surface area contributed by atoms with Gasteiger partial charge in [-0.2, -0.15) is 0 Å². The van der Waals surface area contributed by atoms with Gasteiger partial charge in [0.1, 0.15) is 11.5 Å². The summed E-state index contributed by atoms with van der Waals surface area (Å²) in [6, 6.07) is 8.91. The van der Waals surface area contributed by atoms with E-state index in [1.807, 2.05) is 30.6 Å². The molecule has 3 heterocycles. The second kappa shape index (κ2) is 3.68. The molecule has 3 aromatic heterocycles. The van der Waals surface area contributed by atoms with Gasteiger partial charge in [0, 0.05) is 40.4 Å². The van der Waals surface area contributed by atoms with E-state index in [0.29, 0.717) is 5.56 Å². The van der Waals surface area contributed by atoms with Gasteiger partial charge in [-0.15, -0.1) is 0 Å². The first-order valence-electron chi connectivity index (χ1n) is 6.02. The summed E-state index contributed by atoms with van der Waals surface area (Å²) < 4.78 is 14.3. The van der Waals surface area contributed by atoms with Crippen molar-refractivity contribution in [1.29, 1.82) is 0 Å². The SMILES string of the molecule is Fc1ccc2[nH]ccc2c1-c1ccnc2[nH]ccc12. The Morgan fingerprint density at radius 1 is 0.895 bits per heavy atom. The summed E-state index contributed by atoms with van der Waals surface area (Å²) in [4.78, 5) is 10.4. The van der Waals surface area contributed by atoms with Gasteiger partial charge in [-0.25, -0.2) is 9.37 Å². The van der Waals surface area contributed by atoms with Crippen LogP contribution in [-0.2, 0) is 0 Å². The molecule has 0 aliphatic heterocycles. The third kappa shape index (κ3) is 1.40. The van der Waals surface area contributed by atoms with Crippen molar-refractivity contribution in [3.63, 3.8) is 0 Å². The van der Waals surface area contributed by atoms with Crippen LogP contribution in [0.5, 0.6) is 0 Å². The van der Waals surface area contributed by atoms with E-state index in [9.17, 15) is 4.39 Å². The molecule has 0 radical (unpaired) electrons. The Morgan fingerprint density at radius 3 is 2.68 bits per heavy atom. The van der Waals surface area contributed by atoms with E-state index < -0.39 is 0 Å². The first kappa shape index (κ1) is 10.3. The van der Waals surface area contributed by atoms with Crippen LogP contribution < -0.4 is 0 Å². The Balaban J connectivity index is 2.17. The number of nitrogens with one attached hydrogen (secondary N) is 2. The normalized spacial score (nSPS) is 11.4. The van der Waals surface area contributed by atoms with Crippen LogP contribution in [0.15, 0.2) is 48.9 Å². The Kier molecular flexibility index (Phi) is 2.00. The molecule has 3 nitrogen and oxygen atoms in total. The molecule has 0 aliphatic carbocycles. The number of nitrogens with zero attached hydrogens (tertiary/aromatic N) is 1. The number of hydrogen-bond acceptors (Lipinski definition) is 1. The highest BCUT2D eigenvalue weighted by Crippen LogP contribution is 2.34. The van der Waals surface area contributed by atoms with Gasteiger partial charge < -0.3 is 9.97 Å². The molecular weight excluding hydrogens is 241 g/mol. The summed E-state index contributed by atoms with van der Waals surface area (Å²) in [6.45, 7) is 0. The molecule has 0 unspecified atom stereocenters. The lowest BCUT2D eigenvalue weighted by molar-refractivity contribution is 0.633. The fourth-order valence-electron chi connectivity index (χ4n) is 2.56. The number of rotatable bonds is 1. The van der Waals surface area contributed by atoms with Crippen LogP contribution in [0.2, 0.25) is 0 Å². The number of benzene rings is 1. The highest BCUT2D eigenvalue weighted by atomic mass is 19.1. The van der Waals surface area contributed by atoms with Crippen molar-refractivity contribution in [1.82, 2.24) is 15.0 Å². The molecule has 0 amide bonds. The number of halogens is 1. The van der Waals surface area contributed by atoms with Gasteiger partial charge in [-0.3, -0.25) is 0 Å². The van der Waals surface area contributed by atoms with Crippen LogP contribution in [0.3, 0.4) is 0 Å². The molecule has 1 aromatic carbocycles. The molecule has 0 saturated carbocycles. The van der Waals surface area contributed by atoms with Crippen molar-refractivity contribution < 1.29 is 4.39 Å². The average molecular weight is 251 g/mol. The second-order valence-corrected chi connectivity index (χ2v) is 4.46. The molecule has 0 fully saturated rings. The fourth-order valence-corrected chi connectivity index (χ4v) is 2.56. The van der Waals surface area contributed by atoms with Crippen LogP contribution in [0.25, 0.3) is 33.1 Å². The van der Waals surface area contributed by atoms with E-state index >= 15 is 0 Å². The van der Waals surface area contributed by atoms with E-state index in [0.717, 1.165) is 27.5 Å². The third-order valence-corrected chi connectivity index (χ3v) is 3.41. The number of H-pyrrole nitrogens is 2. The largest absolute Gasteiger partial charge is 0.361 e. The van der Waals surface area contributed by atoms with Gasteiger partial charge in [0.05, 0.1) is 0 Å². The minimum Gasteiger partial charge on any atom is -0.361 e. The second-order valence-electron chi connectivity index (χ2n) is 4.46. The molecule has 92 valence electrons. The van der Waals surface area contributed by atoms with E-state index in [2.05, 4.69) is 15.0 Å². The van der Waals surface area contributed by atoms with Gasteiger partial charge in [0.2, 0.25) is 0 Å². The minimum absolute atomic E-state index is 0.221. The predicted molar refractivity (Wildman–Crippen MR) is 73.3 cm³/mol. The van der Waals surface area contributed by atoms with Gasteiger partial charge in [0.15, 0.2) is 0 Å². The van der Waals surface area contributed by atoms with Gasteiger partial charge in [0.25, 0.3) is 0 Å². The maximum absolute atomic E-state index is 14.3. The Morgan fingerprint density at radius 2 is 1.74 bits per heavy atom. The Labute approximate surface area is 108 Å². The zero-order valence-corrected chi connectivity index (χ0v) is 9.94. The first-order valence-corrected chi connectivity index (χ1v) is 6.02. The lowest BCUT2D eigenvalue weighted by Gasteiger charge is -2.07. The topological polar surface area (TPSA) is 44.5 Å². The van der Waals surface area contributed by atoms with Crippen molar-refractivity contribution in [2.24, 2.45) is 0 Å². The molecule has 4 aromatic rings. The zero-order chi connectivity index (χ0) is 12.8. The predicted octanol–water partition coefficient (Wildman–Crippen LogP) is 3.85. The van der Waals surface area contributed by atoms with Crippen molar-refractivity contribution >= 4 is 21.9 Å². The third-order valence-electron chi connectivity index (χ3n) is 3.41. The summed E-state index contributed by atoms with van der Waals surface area (Å²) in [5.41, 5.74) is 3.17. The molecule has 0 spiro atoms. The lowest BCUT2D eigenvalue weighted by Crippen LogP contribution is -1.88. The smallest absolute Gasteiger partial charge is 0.137 e. The summed E-state index contributed by atoms with van der Waals surface area (Å²) in [5, 5.41) is 1.81. The number of hydrogen-bond donors (Lipinski definition) is 2. The van der Waals surface area contributed by atoms with Crippen molar-refractivity contribution in [3.8, 4) is 11.1 Å². The van der Waals surface area contributed by atoms with Crippen molar-refractivity contribution in [3.05, 3.63) is 54.7 Å². The molecule has 0 saturated heterocycles. The van der Waals surface area contributed by atoms with Crippen molar-refractivity contribution in [2.45, 2.75) is 0 Å². The minimum atomic E-state index is -0.221. The quantitative estimate of drug-likeness (QED) is 0.530. The summed E-state index contributed by atoms with van der Waals surface area (Å²) >= 11 is 0. The maximum Gasteiger partial charge on any atom is 0.137 e. The first-order chi connectivity index (χ1) is 9.34. The molecule has 0 aliphatic rings. The molecule has 0 atom stereocenters. The van der Waals surface area contributed by atoms with Crippen LogP contribution >= 0.6 is 0 Å². The lowest BCUT2D eigenvalue weighted by atomic mass is 9.99. The number of aromatic nitrogens is 3.